The fourth-order valence-corrected chi connectivity index (χ4v) is 3.51. The molecule has 0 spiro atoms. The molecule has 24 heavy (non-hydrogen) atoms. The lowest BCUT2D eigenvalue weighted by molar-refractivity contribution is -0.119. The smallest absolute Gasteiger partial charge is 0.262 e. The summed E-state index contributed by atoms with van der Waals surface area (Å²) in [4.78, 5) is 29.4. The quantitative estimate of drug-likeness (QED) is 0.616. The first-order chi connectivity index (χ1) is 11.5. The van der Waals surface area contributed by atoms with Gasteiger partial charge in [0.05, 0.1) is 16.7 Å². The Morgan fingerprint density at radius 3 is 2.54 bits per heavy atom. The van der Waals surface area contributed by atoms with Crippen molar-refractivity contribution in [1.82, 2.24) is 14.9 Å². The maximum Gasteiger partial charge on any atom is 0.262 e. The molecule has 0 radical (unpaired) electrons. The molecule has 0 aliphatic carbocycles. The van der Waals surface area contributed by atoms with Crippen LogP contribution >= 0.6 is 11.8 Å². The Morgan fingerprint density at radius 2 is 1.92 bits per heavy atom. The third-order valence-electron chi connectivity index (χ3n) is 3.97. The number of fused-ring (bicyclic) bond motifs is 1. The minimum Gasteiger partial charge on any atom is -0.353 e. The van der Waals surface area contributed by atoms with Crippen LogP contribution in [0.25, 0.3) is 10.9 Å². The van der Waals surface area contributed by atoms with Crippen LogP contribution in [0.2, 0.25) is 0 Å². The highest BCUT2D eigenvalue weighted by atomic mass is 32.2. The average molecular weight is 347 g/mol. The second-order valence-corrected chi connectivity index (χ2v) is 6.99. The zero-order valence-electron chi connectivity index (χ0n) is 14.7. The number of nitrogens with one attached hydrogen (secondary N) is 1. The molecule has 1 heterocycles. The maximum absolute atomic E-state index is 12.7. The monoisotopic (exact) mass is 347 g/mol. The fourth-order valence-electron chi connectivity index (χ4n) is 2.57. The van der Waals surface area contributed by atoms with E-state index in [1.807, 2.05) is 32.0 Å². The van der Waals surface area contributed by atoms with E-state index in [1.54, 1.807) is 10.6 Å². The predicted molar refractivity (Wildman–Crippen MR) is 99.6 cm³/mol. The van der Waals surface area contributed by atoms with E-state index in [4.69, 9.17) is 0 Å². The van der Waals surface area contributed by atoms with Crippen molar-refractivity contribution in [3.8, 4) is 0 Å². The summed E-state index contributed by atoms with van der Waals surface area (Å²) >= 11 is 1.32. The number of rotatable bonds is 7. The van der Waals surface area contributed by atoms with Gasteiger partial charge in [-0.15, -0.1) is 0 Å². The van der Waals surface area contributed by atoms with Crippen LogP contribution in [0, 0.1) is 0 Å². The van der Waals surface area contributed by atoms with Gasteiger partial charge in [0.1, 0.15) is 0 Å². The summed E-state index contributed by atoms with van der Waals surface area (Å²) in [5.74, 6) is 0.236. The molecule has 6 heteroatoms. The highest BCUT2D eigenvalue weighted by molar-refractivity contribution is 7.99. The number of benzene rings is 1. The summed E-state index contributed by atoms with van der Waals surface area (Å²) in [5, 5.41) is 4.21. The normalized spacial score (nSPS) is 11.4. The molecule has 0 bridgehead atoms. The number of aromatic nitrogens is 2. The van der Waals surface area contributed by atoms with Crippen LogP contribution in [-0.4, -0.2) is 27.3 Å². The van der Waals surface area contributed by atoms with Gasteiger partial charge < -0.3 is 5.32 Å². The van der Waals surface area contributed by atoms with E-state index in [2.05, 4.69) is 24.1 Å². The Kier molecular flexibility index (Phi) is 6.43. The molecule has 1 aromatic carbocycles. The van der Waals surface area contributed by atoms with Crippen LogP contribution in [0.1, 0.15) is 46.6 Å². The first-order valence-corrected chi connectivity index (χ1v) is 9.39. The molecule has 1 aromatic heterocycles. The third kappa shape index (κ3) is 4.17. The largest absolute Gasteiger partial charge is 0.353 e. The summed E-state index contributed by atoms with van der Waals surface area (Å²) in [6.45, 7) is 8.02. The van der Waals surface area contributed by atoms with Crippen molar-refractivity contribution >= 4 is 28.6 Å². The van der Waals surface area contributed by atoms with Gasteiger partial charge in [0.2, 0.25) is 5.91 Å². The summed E-state index contributed by atoms with van der Waals surface area (Å²) in [6.07, 6.45) is 1.83. The Bertz CT molecular complexity index is 766. The van der Waals surface area contributed by atoms with Crippen molar-refractivity contribution in [2.24, 2.45) is 0 Å². The minimum absolute atomic E-state index is 0.0146. The second kappa shape index (κ2) is 8.33. The number of thioether (sulfide) groups is 1. The van der Waals surface area contributed by atoms with Crippen molar-refractivity contribution in [1.29, 1.82) is 0 Å². The van der Waals surface area contributed by atoms with E-state index in [0.29, 0.717) is 16.1 Å². The van der Waals surface area contributed by atoms with Gasteiger partial charge in [-0.3, -0.25) is 14.2 Å². The Balaban J connectivity index is 2.26. The highest BCUT2D eigenvalue weighted by Crippen LogP contribution is 2.20. The molecule has 1 N–H and O–H groups in total. The van der Waals surface area contributed by atoms with Gasteiger partial charge in [-0.05, 0) is 38.8 Å². The van der Waals surface area contributed by atoms with Crippen molar-refractivity contribution in [3.63, 3.8) is 0 Å². The molecule has 130 valence electrons. The molecule has 0 unspecified atom stereocenters. The average Bonchev–Trinajstić information content (AvgIpc) is 2.57. The van der Waals surface area contributed by atoms with Crippen molar-refractivity contribution in [2.45, 2.75) is 57.8 Å². The van der Waals surface area contributed by atoms with Gasteiger partial charge in [0.15, 0.2) is 5.16 Å². The zero-order valence-corrected chi connectivity index (χ0v) is 15.5. The summed E-state index contributed by atoms with van der Waals surface area (Å²) in [5.41, 5.74) is 0.612. The van der Waals surface area contributed by atoms with Crippen molar-refractivity contribution in [3.05, 3.63) is 34.6 Å². The van der Waals surface area contributed by atoms with E-state index in [0.717, 1.165) is 12.8 Å². The van der Waals surface area contributed by atoms with E-state index in [9.17, 15) is 9.59 Å². The van der Waals surface area contributed by atoms with Crippen LogP contribution in [0.3, 0.4) is 0 Å². The number of para-hydroxylation sites is 1. The lowest BCUT2D eigenvalue weighted by atomic mass is 10.2. The van der Waals surface area contributed by atoms with Gasteiger partial charge in [0, 0.05) is 12.1 Å². The molecular formula is C18H25N3O2S. The lowest BCUT2D eigenvalue weighted by Gasteiger charge is -2.17. The van der Waals surface area contributed by atoms with Crippen molar-refractivity contribution in [2.75, 3.05) is 5.75 Å². The molecule has 0 fully saturated rings. The molecule has 5 nitrogen and oxygen atoms in total. The maximum atomic E-state index is 12.7. The molecule has 0 atom stereocenters. The van der Waals surface area contributed by atoms with Gasteiger partial charge in [0.25, 0.3) is 5.56 Å². The first kappa shape index (κ1) is 18.5. The standard InChI is InChI=1S/C18H25N3O2S/c1-5-13(6-2)19-16(22)11-24-18-20-15-10-8-7-9-14(15)17(23)21(18)12(3)4/h7-10,12-13H,5-6,11H2,1-4H3,(H,19,22). The predicted octanol–water partition coefficient (Wildman–Crippen LogP) is 3.37. The Morgan fingerprint density at radius 1 is 1.25 bits per heavy atom. The number of carbonyl (C=O) groups is 1. The first-order valence-electron chi connectivity index (χ1n) is 8.41. The lowest BCUT2D eigenvalue weighted by Crippen LogP contribution is -2.35. The van der Waals surface area contributed by atoms with E-state index >= 15 is 0 Å². The molecule has 0 aliphatic rings. The SMILES string of the molecule is CCC(CC)NC(=O)CSc1nc2ccccc2c(=O)n1C(C)C. The number of hydrogen-bond donors (Lipinski definition) is 1. The summed E-state index contributed by atoms with van der Waals surface area (Å²) in [7, 11) is 0. The van der Waals surface area contributed by atoms with E-state index in [1.165, 1.54) is 11.8 Å². The molecular weight excluding hydrogens is 322 g/mol. The fraction of sp³-hybridized carbons (Fsp3) is 0.500. The van der Waals surface area contributed by atoms with Gasteiger partial charge in [-0.1, -0.05) is 37.7 Å². The third-order valence-corrected chi connectivity index (χ3v) is 4.93. The molecule has 0 saturated heterocycles. The number of nitrogens with zero attached hydrogens (tertiary/aromatic N) is 2. The van der Waals surface area contributed by atoms with Crippen LogP contribution < -0.4 is 10.9 Å². The molecule has 0 saturated carbocycles. The van der Waals surface area contributed by atoms with Crippen LogP contribution in [0.5, 0.6) is 0 Å². The topological polar surface area (TPSA) is 64.0 Å². The van der Waals surface area contributed by atoms with Gasteiger partial charge >= 0.3 is 0 Å². The Labute approximate surface area is 146 Å². The number of amides is 1. The molecule has 1 amide bonds. The molecule has 0 aliphatic heterocycles. The second-order valence-electron chi connectivity index (χ2n) is 6.05. The van der Waals surface area contributed by atoms with Crippen molar-refractivity contribution < 1.29 is 4.79 Å². The van der Waals surface area contributed by atoms with E-state index < -0.39 is 0 Å². The molecule has 2 rings (SSSR count). The molecule has 2 aromatic rings. The van der Waals surface area contributed by atoms with Crippen LogP contribution in [-0.2, 0) is 4.79 Å². The highest BCUT2D eigenvalue weighted by Gasteiger charge is 2.16. The number of hydrogen-bond acceptors (Lipinski definition) is 4. The number of carbonyl (C=O) groups excluding carboxylic acids is 1. The van der Waals surface area contributed by atoms with Crippen LogP contribution in [0.15, 0.2) is 34.2 Å². The van der Waals surface area contributed by atoms with E-state index in [-0.39, 0.29) is 29.3 Å². The van der Waals surface area contributed by atoms with Crippen LogP contribution in [0.4, 0.5) is 0 Å². The van der Waals surface area contributed by atoms with Gasteiger partial charge in [-0.2, -0.15) is 0 Å². The zero-order chi connectivity index (χ0) is 17.7. The van der Waals surface area contributed by atoms with Gasteiger partial charge in [-0.25, -0.2) is 4.98 Å². The summed E-state index contributed by atoms with van der Waals surface area (Å²) < 4.78 is 1.66. The Hall–Kier alpha value is -1.82. The summed E-state index contributed by atoms with van der Waals surface area (Å²) in [6, 6.07) is 7.51. The minimum atomic E-state index is -0.0569.